The van der Waals surface area contributed by atoms with Crippen LogP contribution in [0, 0.1) is 25.5 Å². The van der Waals surface area contributed by atoms with Crippen LogP contribution in [0.4, 0.5) is 13.6 Å². The van der Waals surface area contributed by atoms with Crippen molar-refractivity contribution in [2.45, 2.75) is 50.7 Å². The second-order valence-electron chi connectivity index (χ2n) is 12.3. The maximum absolute atomic E-state index is 15.8. The molecular weight excluding hydrogens is 711 g/mol. The average Bonchev–Trinajstić information content (AvgIpc) is 3.69. The SMILES string of the molecule is Cc1cc(-n2nc(CI)c([C@@H]3COCCN3C(=O)OC(C)(C)C)c2-n2ccn(-c3ccc4c(cnn4C)c3F)c2=O)cc(C)c1F. The summed E-state index contributed by atoms with van der Waals surface area (Å²) in [6.07, 6.45) is 3.92. The zero-order valence-corrected chi connectivity index (χ0v) is 28.5. The smallest absolute Gasteiger partial charge is 0.410 e. The lowest BCUT2D eigenvalue weighted by Gasteiger charge is -2.37. The van der Waals surface area contributed by atoms with Gasteiger partial charge < -0.3 is 9.47 Å². The number of fused-ring (bicyclic) bond motifs is 1. The average molecular weight is 746 g/mol. The number of ether oxygens (including phenoxy) is 2. The topological polar surface area (TPSA) is 101 Å². The number of morpholine rings is 1. The largest absolute Gasteiger partial charge is 0.444 e. The van der Waals surface area contributed by atoms with Gasteiger partial charge in [0.25, 0.3) is 0 Å². The highest BCUT2D eigenvalue weighted by atomic mass is 127. The molecule has 0 unspecified atom stereocenters. The summed E-state index contributed by atoms with van der Waals surface area (Å²) in [4.78, 5) is 29.4. The van der Waals surface area contributed by atoms with Gasteiger partial charge in [0.15, 0.2) is 5.82 Å². The number of benzene rings is 2. The normalized spacial score (nSPS) is 15.6. The minimum Gasteiger partial charge on any atom is -0.444 e. The highest BCUT2D eigenvalue weighted by Crippen LogP contribution is 2.36. The molecule has 2 aromatic carbocycles. The summed E-state index contributed by atoms with van der Waals surface area (Å²) in [6, 6.07) is 5.88. The Morgan fingerprint density at radius 2 is 1.80 bits per heavy atom. The van der Waals surface area contributed by atoms with Gasteiger partial charge in [0.05, 0.1) is 53.4 Å². The fraction of sp³-hybridized carbons (Fsp3) is 0.375. The molecule has 0 spiro atoms. The number of aromatic nitrogens is 6. The molecule has 4 heterocycles. The van der Waals surface area contributed by atoms with Crippen molar-refractivity contribution in [1.82, 2.24) is 33.6 Å². The standard InChI is InChI=1S/C32H34F2IN7O4/c1-18-13-20(14-19(2)27(18)33)42-29(26(22(15-35)37-42)25-17-45-12-11-40(25)31(44)46-32(3,4)5)41-10-9-39(30(41)43)24-8-7-23-21(28(24)34)16-36-38(23)6/h7-10,13-14,16,25H,11-12,15,17H2,1-6H3/t25-/m0/s1. The minimum atomic E-state index is -0.740. The summed E-state index contributed by atoms with van der Waals surface area (Å²) in [5, 5.41) is 9.33. The van der Waals surface area contributed by atoms with Crippen molar-refractivity contribution in [3.63, 3.8) is 0 Å². The molecular formula is C32H34F2IN7O4. The number of carbonyl (C=O) groups is 1. The van der Waals surface area contributed by atoms with Crippen LogP contribution in [0.1, 0.15) is 49.2 Å². The van der Waals surface area contributed by atoms with E-state index in [-0.39, 0.29) is 30.0 Å². The lowest BCUT2D eigenvalue weighted by Crippen LogP contribution is -2.46. The number of halogens is 3. The van der Waals surface area contributed by atoms with Crippen LogP contribution < -0.4 is 5.69 Å². The summed E-state index contributed by atoms with van der Waals surface area (Å²) in [7, 11) is 1.71. The van der Waals surface area contributed by atoms with Crippen LogP contribution in [-0.4, -0.2) is 65.0 Å². The summed E-state index contributed by atoms with van der Waals surface area (Å²) < 4.78 is 48.3. The molecule has 11 nitrogen and oxygen atoms in total. The van der Waals surface area contributed by atoms with Crippen molar-refractivity contribution in [2.24, 2.45) is 7.05 Å². The number of hydrogen-bond acceptors (Lipinski definition) is 6. The molecule has 1 aliphatic rings. The molecule has 3 aromatic heterocycles. The van der Waals surface area contributed by atoms with Crippen LogP contribution >= 0.6 is 22.6 Å². The third kappa shape index (κ3) is 5.50. The molecule has 1 fully saturated rings. The first-order valence-electron chi connectivity index (χ1n) is 14.7. The van der Waals surface area contributed by atoms with E-state index in [1.807, 2.05) is 0 Å². The Balaban J connectivity index is 1.60. The van der Waals surface area contributed by atoms with E-state index in [9.17, 15) is 14.0 Å². The molecule has 0 bridgehead atoms. The lowest BCUT2D eigenvalue weighted by molar-refractivity contribution is -0.0332. The van der Waals surface area contributed by atoms with Crippen LogP contribution in [0.15, 0.2) is 47.7 Å². The predicted molar refractivity (Wildman–Crippen MR) is 176 cm³/mol. The van der Waals surface area contributed by atoms with Crippen molar-refractivity contribution >= 4 is 39.6 Å². The van der Waals surface area contributed by atoms with Crippen LogP contribution in [0.25, 0.3) is 28.1 Å². The molecule has 5 aromatic rings. The van der Waals surface area contributed by atoms with E-state index in [2.05, 4.69) is 27.7 Å². The minimum absolute atomic E-state index is 0.0517. The number of rotatable bonds is 5. The number of amides is 1. The Morgan fingerprint density at radius 3 is 2.48 bits per heavy atom. The van der Waals surface area contributed by atoms with Gasteiger partial charge in [0.1, 0.15) is 17.2 Å². The molecule has 1 saturated heterocycles. The predicted octanol–water partition coefficient (Wildman–Crippen LogP) is 5.84. The molecule has 0 radical (unpaired) electrons. The number of hydrogen-bond donors (Lipinski definition) is 0. The number of alkyl halides is 1. The van der Waals surface area contributed by atoms with Gasteiger partial charge >= 0.3 is 11.8 Å². The summed E-state index contributed by atoms with van der Waals surface area (Å²) >= 11 is 2.19. The van der Waals surface area contributed by atoms with E-state index >= 15 is 4.39 Å². The summed E-state index contributed by atoms with van der Waals surface area (Å²) in [5.74, 6) is -0.602. The molecule has 6 rings (SSSR count). The van der Waals surface area contributed by atoms with E-state index in [0.29, 0.717) is 50.4 Å². The zero-order chi connectivity index (χ0) is 33.1. The van der Waals surface area contributed by atoms with Crippen LogP contribution in [-0.2, 0) is 20.9 Å². The third-order valence-corrected chi connectivity index (χ3v) is 8.69. The molecule has 0 aliphatic carbocycles. The summed E-state index contributed by atoms with van der Waals surface area (Å²) in [5.41, 5.74) is 1.83. The van der Waals surface area contributed by atoms with Gasteiger partial charge in [-0.2, -0.15) is 10.2 Å². The van der Waals surface area contributed by atoms with Crippen LogP contribution in [0.2, 0.25) is 0 Å². The number of nitrogens with zero attached hydrogens (tertiary/aromatic N) is 7. The van der Waals surface area contributed by atoms with E-state index in [1.165, 1.54) is 33.8 Å². The van der Waals surface area contributed by atoms with Crippen molar-refractivity contribution in [3.05, 3.63) is 87.4 Å². The van der Waals surface area contributed by atoms with Crippen molar-refractivity contribution in [1.29, 1.82) is 0 Å². The number of carbonyl (C=O) groups excluding carboxylic acids is 1. The molecule has 1 amide bonds. The number of imidazole rings is 1. The second-order valence-corrected chi connectivity index (χ2v) is 13.1. The monoisotopic (exact) mass is 745 g/mol. The first-order valence-corrected chi connectivity index (χ1v) is 16.3. The van der Waals surface area contributed by atoms with Crippen LogP contribution in [0.3, 0.4) is 0 Å². The Morgan fingerprint density at radius 1 is 1.11 bits per heavy atom. The highest BCUT2D eigenvalue weighted by Gasteiger charge is 2.38. The van der Waals surface area contributed by atoms with Gasteiger partial charge in [-0.25, -0.2) is 23.1 Å². The maximum Gasteiger partial charge on any atom is 0.410 e. The third-order valence-electron chi connectivity index (χ3n) is 7.96. The van der Waals surface area contributed by atoms with Gasteiger partial charge in [0, 0.05) is 36.0 Å². The lowest BCUT2D eigenvalue weighted by atomic mass is 10.0. The van der Waals surface area contributed by atoms with Gasteiger partial charge in [-0.3, -0.25) is 18.7 Å². The quantitative estimate of drug-likeness (QED) is 0.166. The van der Waals surface area contributed by atoms with Crippen molar-refractivity contribution < 1.29 is 23.0 Å². The van der Waals surface area contributed by atoms with Gasteiger partial charge in [-0.1, -0.05) is 22.6 Å². The second kappa shape index (κ2) is 12.0. The maximum atomic E-state index is 15.8. The molecule has 1 atom stereocenters. The highest BCUT2D eigenvalue weighted by molar-refractivity contribution is 14.1. The first kappa shape index (κ1) is 31.9. The molecule has 1 aliphatic heterocycles. The van der Waals surface area contributed by atoms with Crippen molar-refractivity contribution in [2.75, 3.05) is 19.8 Å². The van der Waals surface area contributed by atoms with E-state index in [4.69, 9.17) is 14.6 Å². The van der Waals surface area contributed by atoms with Crippen LogP contribution in [0.5, 0.6) is 0 Å². The van der Waals surface area contributed by atoms with E-state index < -0.39 is 29.2 Å². The zero-order valence-electron chi connectivity index (χ0n) is 26.3. The molecule has 0 N–H and O–H groups in total. The molecule has 242 valence electrons. The van der Waals surface area contributed by atoms with Crippen molar-refractivity contribution in [3.8, 4) is 17.2 Å². The Bertz CT molecular complexity index is 2010. The van der Waals surface area contributed by atoms with Gasteiger partial charge in [0.2, 0.25) is 0 Å². The molecule has 46 heavy (non-hydrogen) atoms. The molecule has 14 heteroatoms. The fourth-order valence-electron chi connectivity index (χ4n) is 5.83. The van der Waals surface area contributed by atoms with Gasteiger partial charge in [-0.15, -0.1) is 0 Å². The summed E-state index contributed by atoms with van der Waals surface area (Å²) in [6.45, 7) is 9.40. The van der Waals surface area contributed by atoms with Gasteiger partial charge in [-0.05, 0) is 70.0 Å². The first-order chi connectivity index (χ1) is 21.8. The Kier molecular flexibility index (Phi) is 8.29. The molecule has 0 saturated carbocycles. The van der Waals surface area contributed by atoms with E-state index in [0.717, 1.165) is 0 Å². The number of aryl methyl sites for hydroxylation is 3. The van der Waals surface area contributed by atoms with E-state index in [1.54, 1.807) is 74.1 Å². The Labute approximate surface area is 277 Å². The fourth-order valence-corrected chi connectivity index (χ4v) is 6.40. The Hall–Kier alpha value is -4.05.